The van der Waals surface area contributed by atoms with Crippen molar-refractivity contribution in [2.24, 2.45) is 0 Å². The lowest BCUT2D eigenvalue weighted by molar-refractivity contribution is -0.302. The summed E-state index contributed by atoms with van der Waals surface area (Å²) in [6, 6.07) is -0.827. The van der Waals surface area contributed by atoms with Gasteiger partial charge in [-0.05, 0) is 44.9 Å². The molecule has 1 aliphatic rings. The Morgan fingerprint density at radius 2 is 0.731 bits per heavy atom. The van der Waals surface area contributed by atoms with Crippen molar-refractivity contribution >= 4 is 5.91 Å². The van der Waals surface area contributed by atoms with Gasteiger partial charge in [-0.25, -0.2) is 0 Å². The Morgan fingerprint density at radius 1 is 0.423 bits per heavy atom. The van der Waals surface area contributed by atoms with Crippen LogP contribution in [-0.2, 0) is 14.3 Å². The van der Waals surface area contributed by atoms with E-state index in [-0.39, 0.29) is 12.5 Å². The number of hydrogen-bond donors (Lipinski definition) is 6. The van der Waals surface area contributed by atoms with Crippen molar-refractivity contribution in [1.29, 1.82) is 0 Å². The lowest BCUT2D eigenvalue weighted by atomic mass is 9.99. The van der Waals surface area contributed by atoms with E-state index in [4.69, 9.17) is 9.47 Å². The molecule has 1 rings (SSSR count). The van der Waals surface area contributed by atoms with Crippen LogP contribution in [0.25, 0.3) is 0 Å². The van der Waals surface area contributed by atoms with Gasteiger partial charge in [0.25, 0.3) is 0 Å². The predicted molar refractivity (Wildman–Crippen MR) is 332 cm³/mol. The number of unbranched alkanes of at least 4 members (excludes halogenated alkanes) is 46. The minimum absolute atomic E-state index is 0.184. The smallest absolute Gasteiger partial charge is 0.220 e. The molecule has 0 aromatic carbocycles. The zero-order valence-electron chi connectivity index (χ0n) is 51.4. The molecular weight excluding hydrogens is 971 g/mol. The molecule has 0 saturated carbocycles. The van der Waals surface area contributed by atoms with Crippen LogP contribution in [0.4, 0.5) is 0 Å². The van der Waals surface area contributed by atoms with Crippen molar-refractivity contribution in [1.82, 2.24) is 5.32 Å². The van der Waals surface area contributed by atoms with E-state index in [1.54, 1.807) is 6.08 Å². The third kappa shape index (κ3) is 47.0. The molecule has 1 amide bonds. The SMILES string of the molecule is CCCCCCCCCCCCCCC/C=C/CC/C=C/CC/C=C/C(O)C(COC1OC(CO)C(O)C(O)C1O)NC(=O)CCCCCCCCCCCCCCCCCCCCCCCCCCCCCCCCCC. The van der Waals surface area contributed by atoms with Crippen molar-refractivity contribution in [3.05, 3.63) is 36.5 Å². The minimum atomic E-state index is -1.57. The highest BCUT2D eigenvalue weighted by Gasteiger charge is 2.44. The summed E-state index contributed by atoms with van der Waals surface area (Å²) in [5.41, 5.74) is 0. The first-order chi connectivity index (χ1) is 38.3. The van der Waals surface area contributed by atoms with Crippen LogP contribution in [0.2, 0.25) is 0 Å². The number of nitrogens with one attached hydrogen (secondary N) is 1. The van der Waals surface area contributed by atoms with Crippen LogP contribution < -0.4 is 5.32 Å². The Bertz CT molecular complexity index is 1320. The number of aliphatic hydroxyl groups is 5. The van der Waals surface area contributed by atoms with Gasteiger partial charge in [0.1, 0.15) is 24.4 Å². The van der Waals surface area contributed by atoms with Gasteiger partial charge in [0.2, 0.25) is 5.91 Å². The normalized spacial score (nSPS) is 18.8. The van der Waals surface area contributed by atoms with E-state index in [2.05, 4.69) is 43.5 Å². The van der Waals surface area contributed by atoms with Gasteiger partial charge in [-0.2, -0.15) is 0 Å². The second-order valence-corrected chi connectivity index (χ2v) is 24.0. The molecule has 1 heterocycles. The topological polar surface area (TPSA) is 149 Å². The fourth-order valence-corrected chi connectivity index (χ4v) is 11.1. The molecule has 0 bridgehead atoms. The molecule has 0 aromatic heterocycles. The second kappa shape index (κ2) is 58.6. The lowest BCUT2D eigenvalue weighted by Crippen LogP contribution is -2.60. The monoisotopic (exact) mass is 1100 g/mol. The van der Waals surface area contributed by atoms with E-state index < -0.39 is 49.5 Å². The summed E-state index contributed by atoms with van der Waals surface area (Å²) in [5, 5.41) is 54.7. The Kier molecular flexibility index (Phi) is 55.9. The summed E-state index contributed by atoms with van der Waals surface area (Å²) in [6.07, 6.45) is 71.1. The number of carbonyl (C=O) groups excluding carboxylic acids is 1. The maximum atomic E-state index is 13.1. The van der Waals surface area contributed by atoms with Crippen LogP contribution in [-0.4, -0.2) is 87.5 Å². The van der Waals surface area contributed by atoms with Crippen molar-refractivity contribution in [2.75, 3.05) is 13.2 Å². The van der Waals surface area contributed by atoms with Crippen LogP contribution in [0.3, 0.4) is 0 Å². The first kappa shape index (κ1) is 74.4. The Balaban J connectivity index is 2.14. The largest absolute Gasteiger partial charge is 0.394 e. The van der Waals surface area contributed by atoms with Crippen LogP contribution in [0.15, 0.2) is 36.5 Å². The summed E-state index contributed by atoms with van der Waals surface area (Å²) in [6.45, 7) is 3.81. The maximum Gasteiger partial charge on any atom is 0.220 e. The molecular formula is C69H131NO8. The van der Waals surface area contributed by atoms with Gasteiger partial charge >= 0.3 is 0 Å². The maximum absolute atomic E-state index is 13.1. The van der Waals surface area contributed by atoms with E-state index in [9.17, 15) is 30.3 Å². The third-order valence-corrected chi connectivity index (χ3v) is 16.4. The summed E-state index contributed by atoms with van der Waals surface area (Å²) in [5.74, 6) is -0.184. The Labute approximate surface area is 482 Å². The molecule has 0 radical (unpaired) electrons. The number of carbonyl (C=O) groups is 1. The highest BCUT2D eigenvalue weighted by molar-refractivity contribution is 5.76. The minimum Gasteiger partial charge on any atom is -0.394 e. The van der Waals surface area contributed by atoms with Crippen molar-refractivity contribution in [3.8, 4) is 0 Å². The molecule has 460 valence electrons. The number of amides is 1. The summed E-state index contributed by atoms with van der Waals surface area (Å²) < 4.78 is 11.3. The highest BCUT2D eigenvalue weighted by atomic mass is 16.7. The molecule has 78 heavy (non-hydrogen) atoms. The molecule has 1 fully saturated rings. The zero-order valence-corrected chi connectivity index (χ0v) is 51.4. The second-order valence-electron chi connectivity index (χ2n) is 24.0. The molecule has 7 unspecified atom stereocenters. The zero-order chi connectivity index (χ0) is 56.5. The number of allylic oxidation sites excluding steroid dienone is 5. The molecule has 6 N–H and O–H groups in total. The molecule has 0 spiro atoms. The standard InChI is InChI=1S/C69H131NO8/c1-3-5-7-9-11-13-15-17-19-21-23-25-27-28-29-30-31-32-33-34-35-37-39-41-43-45-47-49-51-53-55-57-59-65(73)70-62(61-77-69-68(76)67(75)66(74)64(60-71)78-69)63(72)58-56-54-52-50-48-46-44-42-40-38-36-26-24-22-20-18-16-14-12-10-8-6-4-2/h40,42,48,50,56,58,62-64,66-69,71-72,74-76H,3-39,41,43-47,49,51-55,57,59-61H2,1-2H3,(H,70,73)/b42-40+,50-48+,58-56+. The van der Waals surface area contributed by atoms with E-state index in [1.165, 1.54) is 276 Å². The van der Waals surface area contributed by atoms with E-state index in [1.807, 2.05) is 6.08 Å². The van der Waals surface area contributed by atoms with Gasteiger partial charge in [0.05, 0.1) is 25.4 Å². The van der Waals surface area contributed by atoms with Gasteiger partial charge in [0.15, 0.2) is 6.29 Å². The van der Waals surface area contributed by atoms with Crippen LogP contribution >= 0.6 is 0 Å². The van der Waals surface area contributed by atoms with E-state index >= 15 is 0 Å². The number of hydrogen-bond acceptors (Lipinski definition) is 8. The van der Waals surface area contributed by atoms with Gasteiger partial charge < -0.3 is 40.3 Å². The third-order valence-electron chi connectivity index (χ3n) is 16.4. The average molecular weight is 1100 g/mol. The Morgan fingerprint density at radius 3 is 1.08 bits per heavy atom. The van der Waals surface area contributed by atoms with Crippen LogP contribution in [0.5, 0.6) is 0 Å². The van der Waals surface area contributed by atoms with Crippen LogP contribution in [0.1, 0.15) is 341 Å². The number of ether oxygens (including phenoxy) is 2. The van der Waals surface area contributed by atoms with Crippen molar-refractivity contribution < 1.29 is 39.8 Å². The van der Waals surface area contributed by atoms with Crippen LogP contribution in [0, 0.1) is 0 Å². The van der Waals surface area contributed by atoms with Gasteiger partial charge in [0, 0.05) is 6.42 Å². The van der Waals surface area contributed by atoms with Gasteiger partial charge in [-0.15, -0.1) is 0 Å². The van der Waals surface area contributed by atoms with Crippen molar-refractivity contribution in [2.45, 2.75) is 384 Å². The summed E-state index contributed by atoms with van der Waals surface area (Å²) in [4.78, 5) is 13.1. The molecule has 9 heteroatoms. The van der Waals surface area contributed by atoms with Gasteiger partial charge in [-0.1, -0.05) is 326 Å². The van der Waals surface area contributed by atoms with E-state index in [0.29, 0.717) is 6.42 Å². The van der Waals surface area contributed by atoms with E-state index in [0.717, 1.165) is 44.9 Å². The lowest BCUT2D eigenvalue weighted by Gasteiger charge is -2.40. The Hall–Kier alpha value is -1.59. The quantitative estimate of drug-likeness (QED) is 0.0261. The molecule has 1 saturated heterocycles. The molecule has 0 aromatic rings. The molecule has 0 aliphatic carbocycles. The fraction of sp³-hybridized carbons (Fsp3) is 0.899. The highest BCUT2D eigenvalue weighted by Crippen LogP contribution is 2.23. The molecule has 7 atom stereocenters. The first-order valence-electron chi connectivity index (χ1n) is 34.2. The summed E-state index contributed by atoms with van der Waals surface area (Å²) >= 11 is 0. The first-order valence-corrected chi connectivity index (χ1v) is 34.2. The summed E-state index contributed by atoms with van der Waals surface area (Å²) in [7, 11) is 0. The number of rotatable bonds is 60. The fourth-order valence-electron chi connectivity index (χ4n) is 11.1. The number of aliphatic hydroxyl groups excluding tert-OH is 5. The molecule has 9 nitrogen and oxygen atoms in total. The molecule has 1 aliphatic heterocycles. The average Bonchev–Trinajstić information content (AvgIpc) is 3.45. The van der Waals surface area contributed by atoms with Gasteiger partial charge in [-0.3, -0.25) is 4.79 Å². The predicted octanol–water partition coefficient (Wildman–Crippen LogP) is 18.3. The van der Waals surface area contributed by atoms with Crippen molar-refractivity contribution in [3.63, 3.8) is 0 Å².